The molecule has 0 aromatic heterocycles. The zero-order valence-electron chi connectivity index (χ0n) is 11.4. The van der Waals surface area contributed by atoms with Gasteiger partial charge in [0.2, 0.25) is 0 Å². The average molecular weight is 229 g/mol. The molecular weight excluding hydrogens is 202 g/mol. The van der Waals surface area contributed by atoms with Crippen molar-refractivity contribution >= 4 is 0 Å². The van der Waals surface area contributed by atoms with Gasteiger partial charge in [0.25, 0.3) is 0 Å². The topological polar surface area (TPSA) is 30.5 Å². The predicted octanol–water partition coefficient (Wildman–Crippen LogP) is 2.06. The molecule has 0 bridgehead atoms. The molecule has 0 radical (unpaired) electrons. The lowest BCUT2D eigenvalue weighted by atomic mass is 10.0. The first-order valence-electron chi connectivity index (χ1n) is 6.24. The minimum Gasteiger partial charge on any atom is -0.385 e. The smallest absolute Gasteiger partial charge is 0.0591 e. The number of hydrogen-bond donors (Lipinski definition) is 1. The fraction of sp³-hybridized carbons (Fsp3) is 1.00. The number of ether oxygens (including phenoxy) is 2. The first kappa shape index (κ1) is 13.9. The van der Waals surface area contributed by atoms with E-state index in [0.29, 0.717) is 16.9 Å². The molecule has 0 aromatic carbocycles. The Hall–Kier alpha value is -0.120. The molecule has 1 aliphatic carbocycles. The van der Waals surface area contributed by atoms with E-state index >= 15 is 0 Å². The number of hydrogen-bond acceptors (Lipinski definition) is 3. The molecule has 1 aliphatic rings. The second-order valence-corrected chi connectivity index (χ2v) is 5.79. The number of rotatable bonds is 8. The van der Waals surface area contributed by atoms with Crippen molar-refractivity contribution in [3.05, 3.63) is 0 Å². The van der Waals surface area contributed by atoms with E-state index in [2.05, 4.69) is 33.0 Å². The van der Waals surface area contributed by atoms with Gasteiger partial charge in [0.15, 0.2) is 0 Å². The second kappa shape index (κ2) is 5.48. The molecule has 3 heteroatoms. The highest BCUT2D eigenvalue weighted by Gasteiger charge is 2.64. The summed E-state index contributed by atoms with van der Waals surface area (Å²) in [4.78, 5) is 0. The van der Waals surface area contributed by atoms with Crippen LogP contribution >= 0.6 is 0 Å². The van der Waals surface area contributed by atoms with Crippen LogP contribution in [0, 0.1) is 10.8 Å². The highest BCUT2D eigenvalue weighted by Crippen LogP contribution is 2.62. The summed E-state index contributed by atoms with van der Waals surface area (Å²) >= 11 is 0. The maximum Gasteiger partial charge on any atom is 0.0591 e. The average Bonchev–Trinajstić information content (AvgIpc) is 2.58. The van der Waals surface area contributed by atoms with Crippen LogP contribution in [0.25, 0.3) is 0 Å². The minimum absolute atomic E-state index is 0.420. The molecule has 0 atom stereocenters. The van der Waals surface area contributed by atoms with Gasteiger partial charge in [-0.1, -0.05) is 27.7 Å². The fourth-order valence-corrected chi connectivity index (χ4v) is 2.39. The van der Waals surface area contributed by atoms with E-state index < -0.39 is 0 Å². The molecule has 1 rings (SSSR count). The van der Waals surface area contributed by atoms with Gasteiger partial charge < -0.3 is 14.8 Å². The van der Waals surface area contributed by atoms with Crippen molar-refractivity contribution in [2.24, 2.45) is 10.8 Å². The van der Waals surface area contributed by atoms with E-state index in [1.54, 1.807) is 7.11 Å². The molecule has 0 unspecified atom stereocenters. The lowest BCUT2D eigenvalue weighted by molar-refractivity contribution is 0.103. The van der Waals surface area contributed by atoms with Gasteiger partial charge in [-0.25, -0.2) is 0 Å². The molecule has 0 heterocycles. The van der Waals surface area contributed by atoms with Gasteiger partial charge in [-0.15, -0.1) is 0 Å². The summed E-state index contributed by atoms with van der Waals surface area (Å²) in [6.07, 6.45) is 0.983. The van der Waals surface area contributed by atoms with E-state index in [0.717, 1.165) is 32.8 Å². The Labute approximate surface area is 99.9 Å². The van der Waals surface area contributed by atoms with Crippen LogP contribution in [-0.2, 0) is 9.47 Å². The molecule has 3 nitrogen and oxygen atoms in total. The van der Waals surface area contributed by atoms with E-state index in [1.807, 2.05) is 0 Å². The Morgan fingerprint density at radius 3 is 2.12 bits per heavy atom. The van der Waals surface area contributed by atoms with Crippen molar-refractivity contribution < 1.29 is 9.47 Å². The minimum atomic E-state index is 0.420. The summed E-state index contributed by atoms with van der Waals surface area (Å²) in [6, 6.07) is 0.627. The second-order valence-electron chi connectivity index (χ2n) is 5.79. The van der Waals surface area contributed by atoms with Crippen LogP contribution in [0.2, 0.25) is 0 Å². The van der Waals surface area contributed by atoms with Gasteiger partial charge in [-0.3, -0.25) is 0 Å². The zero-order chi connectivity index (χ0) is 12.2. The molecule has 0 aliphatic heterocycles. The molecule has 16 heavy (non-hydrogen) atoms. The molecule has 1 saturated carbocycles. The summed E-state index contributed by atoms with van der Waals surface area (Å²) in [5, 5.41) is 3.57. The van der Waals surface area contributed by atoms with Crippen molar-refractivity contribution in [3.63, 3.8) is 0 Å². The maximum atomic E-state index is 5.51. The predicted molar refractivity (Wildman–Crippen MR) is 66.7 cm³/mol. The van der Waals surface area contributed by atoms with Gasteiger partial charge >= 0.3 is 0 Å². The standard InChI is InChI=1S/C13H27NO2/c1-12(2)11(13(12,3)4)14-7-10-16-9-6-8-15-5/h11,14H,6-10H2,1-5H3. The van der Waals surface area contributed by atoms with Crippen LogP contribution in [0.1, 0.15) is 34.1 Å². The SMILES string of the molecule is COCCCOCCNC1C(C)(C)C1(C)C. The van der Waals surface area contributed by atoms with E-state index in [-0.39, 0.29) is 0 Å². The fourth-order valence-electron chi connectivity index (χ4n) is 2.39. The molecule has 0 amide bonds. The van der Waals surface area contributed by atoms with Gasteiger partial charge in [-0.2, -0.15) is 0 Å². The van der Waals surface area contributed by atoms with E-state index in [1.165, 1.54) is 0 Å². The quantitative estimate of drug-likeness (QED) is 0.646. The third kappa shape index (κ3) is 2.96. The highest BCUT2D eigenvalue weighted by atomic mass is 16.5. The Balaban J connectivity index is 1.97. The third-order valence-corrected chi connectivity index (χ3v) is 4.25. The van der Waals surface area contributed by atoms with Gasteiger partial charge in [0.1, 0.15) is 0 Å². The maximum absolute atomic E-state index is 5.51. The lowest BCUT2D eigenvalue weighted by Crippen LogP contribution is -2.26. The summed E-state index contributed by atoms with van der Waals surface area (Å²) in [5.41, 5.74) is 0.839. The van der Waals surface area contributed by atoms with Gasteiger partial charge in [-0.05, 0) is 17.3 Å². The lowest BCUT2D eigenvalue weighted by Gasteiger charge is -2.07. The largest absolute Gasteiger partial charge is 0.385 e. The first-order chi connectivity index (χ1) is 7.44. The molecule has 0 spiro atoms. The van der Waals surface area contributed by atoms with Crippen LogP contribution in [0.4, 0.5) is 0 Å². The molecule has 0 saturated heterocycles. The van der Waals surface area contributed by atoms with E-state index in [4.69, 9.17) is 9.47 Å². The Bertz CT molecular complexity index is 200. The molecular formula is C13H27NO2. The molecule has 96 valence electrons. The zero-order valence-corrected chi connectivity index (χ0v) is 11.4. The van der Waals surface area contributed by atoms with Crippen molar-refractivity contribution in [3.8, 4) is 0 Å². The summed E-state index contributed by atoms with van der Waals surface area (Å²) in [5.74, 6) is 0. The van der Waals surface area contributed by atoms with Crippen LogP contribution in [0.15, 0.2) is 0 Å². The Kier molecular flexibility index (Phi) is 4.77. The summed E-state index contributed by atoms with van der Waals surface area (Å²) in [6.45, 7) is 12.6. The van der Waals surface area contributed by atoms with Crippen LogP contribution in [-0.4, -0.2) is 39.5 Å². The summed E-state index contributed by atoms with van der Waals surface area (Å²) < 4.78 is 10.5. The van der Waals surface area contributed by atoms with Gasteiger partial charge in [0, 0.05) is 32.9 Å². The Morgan fingerprint density at radius 1 is 1.00 bits per heavy atom. The number of nitrogens with one attached hydrogen (secondary N) is 1. The molecule has 1 fully saturated rings. The van der Waals surface area contributed by atoms with Crippen molar-refractivity contribution in [1.82, 2.24) is 5.32 Å². The van der Waals surface area contributed by atoms with Crippen molar-refractivity contribution in [2.45, 2.75) is 40.2 Å². The monoisotopic (exact) mass is 229 g/mol. The molecule has 1 N–H and O–H groups in total. The van der Waals surface area contributed by atoms with Crippen LogP contribution in [0.5, 0.6) is 0 Å². The normalized spacial score (nSPS) is 22.3. The summed E-state index contributed by atoms with van der Waals surface area (Å²) in [7, 11) is 1.72. The van der Waals surface area contributed by atoms with Crippen molar-refractivity contribution in [2.75, 3.05) is 33.5 Å². The molecule has 0 aromatic rings. The van der Waals surface area contributed by atoms with Crippen LogP contribution < -0.4 is 5.32 Å². The van der Waals surface area contributed by atoms with E-state index in [9.17, 15) is 0 Å². The first-order valence-corrected chi connectivity index (χ1v) is 6.24. The van der Waals surface area contributed by atoms with Gasteiger partial charge in [0.05, 0.1) is 6.61 Å². The third-order valence-electron chi connectivity index (χ3n) is 4.25. The van der Waals surface area contributed by atoms with Crippen LogP contribution in [0.3, 0.4) is 0 Å². The Morgan fingerprint density at radius 2 is 1.62 bits per heavy atom. The highest BCUT2D eigenvalue weighted by molar-refractivity contribution is 5.17. The number of methoxy groups -OCH3 is 1. The van der Waals surface area contributed by atoms with Crippen molar-refractivity contribution in [1.29, 1.82) is 0 Å².